The van der Waals surface area contributed by atoms with Crippen LogP contribution in [0.2, 0.25) is 0 Å². The van der Waals surface area contributed by atoms with Gasteiger partial charge in [0.05, 0.1) is 5.56 Å². The third kappa shape index (κ3) is 3.31. The third-order valence-electron chi connectivity index (χ3n) is 2.13. The van der Waals surface area contributed by atoms with Crippen molar-refractivity contribution in [3.8, 4) is 0 Å². The van der Waals surface area contributed by atoms with Gasteiger partial charge in [-0.2, -0.15) is 0 Å². The molecule has 0 unspecified atom stereocenters. The summed E-state index contributed by atoms with van der Waals surface area (Å²) in [5.41, 5.74) is 4.05. The number of hydrazine groups is 1. The lowest BCUT2D eigenvalue weighted by atomic mass is 10.2. The van der Waals surface area contributed by atoms with Gasteiger partial charge in [-0.05, 0) is 22.6 Å². The van der Waals surface area contributed by atoms with E-state index in [0.717, 1.165) is 6.07 Å². The molecule has 2 N–H and O–H groups in total. The maximum Gasteiger partial charge on any atom is 0.272 e. The summed E-state index contributed by atoms with van der Waals surface area (Å²) in [5, 5.41) is 10.2. The third-order valence-corrected chi connectivity index (χ3v) is 2.13. The SMILES string of the molecule is O=C(Cn1cnnn1)NNC(=O)c1ccccc1F. The summed E-state index contributed by atoms with van der Waals surface area (Å²) in [6.45, 7) is -0.162. The normalized spacial score (nSPS) is 9.95. The van der Waals surface area contributed by atoms with Crippen molar-refractivity contribution in [1.82, 2.24) is 31.1 Å². The highest BCUT2D eigenvalue weighted by atomic mass is 19.1. The first-order chi connectivity index (χ1) is 9.16. The number of hydrogen-bond acceptors (Lipinski definition) is 5. The van der Waals surface area contributed by atoms with Crippen LogP contribution in [0.15, 0.2) is 30.6 Å². The fourth-order valence-electron chi connectivity index (χ4n) is 1.28. The molecule has 19 heavy (non-hydrogen) atoms. The summed E-state index contributed by atoms with van der Waals surface area (Å²) in [6.07, 6.45) is 1.25. The molecule has 1 heterocycles. The molecule has 0 saturated heterocycles. The van der Waals surface area contributed by atoms with Gasteiger partial charge in [-0.3, -0.25) is 20.4 Å². The molecule has 9 heteroatoms. The van der Waals surface area contributed by atoms with Crippen molar-refractivity contribution in [3.05, 3.63) is 42.0 Å². The van der Waals surface area contributed by atoms with Gasteiger partial charge in [0.1, 0.15) is 18.7 Å². The number of nitrogens with zero attached hydrogens (tertiary/aromatic N) is 4. The summed E-state index contributed by atoms with van der Waals surface area (Å²) in [7, 11) is 0. The van der Waals surface area contributed by atoms with E-state index in [0.29, 0.717) is 0 Å². The lowest BCUT2D eigenvalue weighted by Crippen LogP contribution is -2.43. The van der Waals surface area contributed by atoms with Crippen molar-refractivity contribution < 1.29 is 14.0 Å². The molecular formula is C10H9FN6O2. The molecule has 0 bridgehead atoms. The van der Waals surface area contributed by atoms with Crippen LogP contribution in [0.5, 0.6) is 0 Å². The Morgan fingerprint density at radius 1 is 1.26 bits per heavy atom. The Balaban J connectivity index is 1.87. The Hall–Kier alpha value is -2.84. The molecule has 1 aromatic heterocycles. The molecule has 0 spiro atoms. The van der Waals surface area contributed by atoms with E-state index in [9.17, 15) is 14.0 Å². The molecule has 2 aromatic rings. The van der Waals surface area contributed by atoms with Crippen molar-refractivity contribution >= 4 is 11.8 Å². The second-order valence-electron chi connectivity index (χ2n) is 3.49. The van der Waals surface area contributed by atoms with Crippen LogP contribution in [0, 0.1) is 5.82 Å². The number of halogens is 1. The van der Waals surface area contributed by atoms with E-state index in [1.165, 1.54) is 29.2 Å². The zero-order valence-corrected chi connectivity index (χ0v) is 9.58. The Bertz CT molecular complexity index is 585. The Kier molecular flexibility index (Phi) is 3.76. The molecule has 0 fully saturated rings. The monoisotopic (exact) mass is 264 g/mol. The van der Waals surface area contributed by atoms with Crippen molar-refractivity contribution in [2.75, 3.05) is 0 Å². The Labute approximate surface area is 106 Å². The summed E-state index contributed by atoms with van der Waals surface area (Å²) in [4.78, 5) is 23.0. The number of benzene rings is 1. The molecular weight excluding hydrogens is 255 g/mol. The maximum atomic E-state index is 13.3. The number of carbonyl (C=O) groups excluding carboxylic acids is 2. The summed E-state index contributed by atoms with van der Waals surface area (Å²) in [6, 6.07) is 5.43. The molecule has 2 amide bonds. The van der Waals surface area contributed by atoms with E-state index in [4.69, 9.17) is 0 Å². The van der Waals surface area contributed by atoms with Crippen LogP contribution < -0.4 is 10.9 Å². The highest BCUT2D eigenvalue weighted by Gasteiger charge is 2.11. The topological polar surface area (TPSA) is 102 Å². The fourth-order valence-corrected chi connectivity index (χ4v) is 1.28. The molecule has 98 valence electrons. The van der Waals surface area contributed by atoms with Crippen molar-refractivity contribution in [3.63, 3.8) is 0 Å². The van der Waals surface area contributed by atoms with Gasteiger partial charge in [0.15, 0.2) is 0 Å². The van der Waals surface area contributed by atoms with Crippen molar-refractivity contribution in [2.24, 2.45) is 0 Å². The molecule has 0 aliphatic rings. The van der Waals surface area contributed by atoms with E-state index in [1.807, 2.05) is 0 Å². The smallest absolute Gasteiger partial charge is 0.271 e. The van der Waals surface area contributed by atoms with E-state index in [-0.39, 0.29) is 12.1 Å². The van der Waals surface area contributed by atoms with E-state index in [2.05, 4.69) is 26.4 Å². The Morgan fingerprint density at radius 3 is 2.74 bits per heavy atom. The minimum atomic E-state index is -0.747. The van der Waals surface area contributed by atoms with Crippen molar-refractivity contribution in [2.45, 2.75) is 6.54 Å². The maximum absolute atomic E-state index is 13.3. The molecule has 2 rings (SSSR count). The number of rotatable bonds is 3. The van der Waals surface area contributed by atoms with Gasteiger partial charge in [0.2, 0.25) is 0 Å². The number of tetrazole rings is 1. The zero-order chi connectivity index (χ0) is 13.7. The number of amides is 2. The van der Waals surface area contributed by atoms with E-state index >= 15 is 0 Å². The molecule has 0 radical (unpaired) electrons. The largest absolute Gasteiger partial charge is 0.272 e. The zero-order valence-electron chi connectivity index (χ0n) is 9.58. The van der Waals surface area contributed by atoms with E-state index in [1.54, 1.807) is 0 Å². The van der Waals surface area contributed by atoms with Gasteiger partial charge >= 0.3 is 0 Å². The second kappa shape index (κ2) is 5.67. The van der Waals surface area contributed by atoms with Crippen molar-refractivity contribution in [1.29, 1.82) is 0 Å². The lowest BCUT2D eigenvalue weighted by molar-refractivity contribution is -0.122. The first-order valence-corrected chi connectivity index (χ1v) is 5.21. The van der Waals surface area contributed by atoms with Crippen LogP contribution in [0.25, 0.3) is 0 Å². The van der Waals surface area contributed by atoms with Gasteiger partial charge in [0.25, 0.3) is 11.8 Å². The predicted octanol–water partition coefficient (Wildman–Crippen LogP) is -0.727. The van der Waals surface area contributed by atoms with Gasteiger partial charge in [-0.1, -0.05) is 12.1 Å². The average molecular weight is 264 g/mol. The van der Waals surface area contributed by atoms with Crippen LogP contribution in [-0.4, -0.2) is 32.0 Å². The molecule has 0 aliphatic carbocycles. The van der Waals surface area contributed by atoms with Gasteiger partial charge in [0, 0.05) is 0 Å². The van der Waals surface area contributed by atoms with Gasteiger partial charge < -0.3 is 0 Å². The lowest BCUT2D eigenvalue weighted by Gasteiger charge is -2.07. The number of hydrogen-bond donors (Lipinski definition) is 2. The molecule has 8 nitrogen and oxygen atoms in total. The molecule has 0 aliphatic heterocycles. The van der Waals surface area contributed by atoms with Crippen LogP contribution in [-0.2, 0) is 11.3 Å². The molecule has 0 atom stereocenters. The van der Waals surface area contributed by atoms with E-state index < -0.39 is 17.6 Å². The average Bonchev–Trinajstić information content (AvgIpc) is 2.89. The van der Waals surface area contributed by atoms with Crippen LogP contribution in [0.1, 0.15) is 10.4 Å². The molecule has 0 saturated carbocycles. The second-order valence-corrected chi connectivity index (χ2v) is 3.49. The Morgan fingerprint density at radius 2 is 2.05 bits per heavy atom. The first kappa shape index (κ1) is 12.6. The minimum absolute atomic E-state index is 0.162. The molecule has 1 aromatic carbocycles. The fraction of sp³-hybridized carbons (Fsp3) is 0.100. The van der Waals surface area contributed by atoms with Crippen LogP contribution in [0.3, 0.4) is 0 Å². The number of carbonyl (C=O) groups is 2. The summed E-state index contributed by atoms with van der Waals surface area (Å²) >= 11 is 0. The summed E-state index contributed by atoms with van der Waals surface area (Å²) < 4.78 is 14.4. The quantitative estimate of drug-likeness (QED) is 0.712. The standard InChI is InChI=1S/C10H9FN6O2/c11-8-4-2-1-3-7(8)10(19)14-13-9(18)5-17-6-12-15-16-17/h1-4,6H,5H2,(H,13,18)(H,14,19). The predicted molar refractivity (Wildman–Crippen MR) is 59.8 cm³/mol. The minimum Gasteiger partial charge on any atom is -0.271 e. The summed E-state index contributed by atoms with van der Waals surface area (Å²) in [5.74, 6) is -1.96. The highest BCUT2D eigenvalue weighted by Crippen LogP contribution is 2.04. The number of nitrogens with one attached hydrogen (secondary N) is 2. The number of aromatic nitrogens is 4. The van der Waals surface area contributed by atoms with Crippen LogP contribution >= 0.6 is 0 Å². The van der Waals surface area contributed by atoms with Crippen LogP contribution in [0.4, 0.5) is 4.39 Å². The highest BCUT2D eigenvalue weighted by molar-refractivity contribution is 5.95. The van der Waals surface area contributed by atoms with Gasteiger partial charge in [-0.25, -0.2) is 9.07 Å². The van der Waals surface area contributed by atoms with Gasteiger partial charge in [-0.15, -0.1) is 5.10 Å². The first-order valence-electron chi connectivity index (χ1n) is 5.21.